The number of hydrogen-bond donors (Lipinski definition) is 1. The van der Waals surface area contributed by atoms with Crippen LogP contribution in [0.4, 0.5) is 0 Å². The first-order chi connectivity index (χ1) is 11.0. The molecule has 1 aliphatic carbocycles. The van der Waals surface area contributed by atoms with Crippen molar-refractivity contribution in [3.8, 4) is 0 Å². The number of nitrogens with one attached hydrogen (secondary N) is 1. The Hall–Kier alpha value is -0.0900. The molecule has 0 aromatic heterocycles. The molecule has 0 atom stereocenters. The third-order valence-electron chi connectivity index (χ3n) is 5.55. The van der Waals surface area contributed by atoms with Crippen LogP contribution in [0.2, 0.25) is 0 Å². The van der Waals surface area contributed by atoms with E-state index in [1.807, 2.05) is 0 Å². The van der Waals surface area contributed by atoms with Gasteiger partial charge in [0.05, 0.1) is 12.3 Å². The molecular formula is C16H31IN4O2S. The van der Waals surface area contributed by atoms with Crippen molar-refractivity contribution in [1.82, 2.24) is 14.5 Å². The lowest BCUT2D eigenvalue weighted by atomic mass is 9.86. The molecule has 1 N–H and O–H groups in total. The van der Waals surface area contributed by atoms with E-state index in [4.69, 9.17) is 4.99 Å². The number of hydrogen-bond acceptors (Lipinski definition) is 3. The van der Waals surface area contributed by atoms with Crippen molar-refractivity contribution in [1.29, 1.82) is 0 Å². The van der Waals surface area contributed by atoms with Crippen LogP contribution < -0.4 is 5.32 Å². The Labute approximate surface area is 163 Å². The highest BCUT2D eigenvalue weighted by Gasteiger charge is 2.41. The molecule has 0 amide bonds. The van der Waals surface area contributed by atoms with E-state index in [1.54, 1.807) is 4.31 Å². The van der Waals surface area contributed by atoms with E-state index in [9.17, 15) is 8.42 Å². The van der Waals surface area contributed by atoms with E-state index in [0.717, 1.165) is 32.0 Å². The summed E-state index contributed by atoms with van der Waals surface area (Å²) < 4.78 is 25.3. The summed E-state index contributed by atoms with van der Waals surface area (Å²) in [6.07, 6.45) is 7.48. The van der Waals surface area contributed by atoms with E-state index >= 15 is 0 Å². The summed E-state index contributed by atoms with van der Waals surface area (Å²) in [6.45, 7) is 6.84. The van der Waals surface area contributed by atoms with Gasteiger partial charge in [0.1, 0.15) is 0 Å². The molecule has 140 valence electrons. The molecule has 0 aromatic carbocycles. The summed E-state index contributed by atoms with van der Waals surface area (Å²) in [5.41, 5.74) is 0.522. The Kier molecular flexibility index (Phi) is 7.19. The summed E-state index contributed by atoms with van der Waals surface area (Å²) in [5, 5.41) is 3.38. The first-order valence-electron chi connectivity index (χ1n) is 9.06. The van der Waals surface area contributed by atoms with Crippen molar-refractivity contribution < 1.29 is 8.42 Å². The Morgan fingerprint density at radius 1 is 1.17 bits per heavy atom. The third-order valence-corrected chi connectivity index (χ3v) is 7.51. The van der Waals surface area contributed by atoms with E-state index in [-0.39, 0.29) is 24.0 Å². The predicted molar refractivity (Wildman–Crippen MR) is 108 cm³/mol. The molecule has 1 spiro atoms. The van der Waals surface area contributed by atoms with Gasteiger partial charge in [0.15, 0.2) is 5.96 Å². The normalized spacial score (nSPS) is 26.0. The zero-order chi connectivity index (χ0) is 16.3. The van der Waals surface area contributed by atoms with Gasteiger partial charge in [-0.2, -0.15) is 0 Å². The number of sulfonamides is 1. The van der Waals surface area contributed by atoms with Crippen molar-refractivity contribution >= 4 is 40.0 Å². The van der Waals surface area contributed by atoms with Crippen molar-refractivity contribution in [3.05, 3.63) is 0 Å². The topological polar surface area (TPSA) is 65.0 Å². The molecule has 1 saturated carbocycles. The number of guanidine groups is 1. The molecule has 3 fully saturated rings. The molecule has 6 nitrogen and oxygen atoms in total. The fraction of sp³-hybridized carbons (Fsp3) is 0.938. The average molecular weight is 470 g/mol. The van der Waals surface area contributed by atoms with Crippen molar-refractivity contribution in [2.24, 2.45) is 10.4 Å². The number of rotatable bonds is 4. The molecular weight excluding hydrogens is 439 g/mol. The second-order valence-electron chi connectivity index (χ2n) is 7.18. The molecule has 0 aromatic rings. The molecule has 2 aliphatic heterocycles. The number of nitrogens with zero attached hydrogens (tertiary/aromatic N) is 3. The van der Waals surface area contributed by atoms with Crippen LogP contribution in [-0.4, -0.2) is 68.6 Å². The van der Waals surface area contributed by atoms with Crippen molar-refractivity contribution in [3.63, 3.8) is 0 Å². The maximum Gasteiger partial charge on any atom is 0.214 e. The Morgan fingerprint density at radius 2 is 1.92 bits per heavy atom. The summed E-state index contributed by atoms with van der Waals surface area (Å²) in [4.78, 5) is 7.09. The SMILES string of the molecule is CCNC(=NCCN1CCCS1(=O)=O)N1CCC2(CCCC2)C1.I. The van der Waals surface area contributed by atoms with Gasteiger partial charge in [-0.15, -0.1) is 24.0 Å². The van der Waals surface area contributed by atoms with Crippen LogP contribution in [0.15, 0.2) is 4.99 Å². The summed E-state index contributed by atoms with van der Waals surface area (Å²) in [7, 11) is -3.00. The van der Waals surface area contributed by atoms with Gasteiger partial charge in [-0.25, -0.2) is 12.7 Å². The summed E-state index contributed by atoms with van der Waals surface area (Å²) >= 11 is 0. The van der Waals surface area contributed by atoms with Crippen LogP contribution in [0.1, 0.15) is 45.4 Å². The summed E-state index contributed by atoms with van der Waals surface area (Å²) in [6, 6.07) is 0. The molecule has 24 heavy (non-hydrogen) atoms. The zero-order valence-corrected chi connectivity index (χ0v) is 17.8. The quantitative estimate of drug-likeness (QED) is 0.387. The monoisotopic (exact) mass is 470 g/mol. The minimum absolute atomic E-state index is 0. The van der Waals surface area contributed by atoms with Crippen LogP contribution in [-0.2, 0) is 10.0 Å². The largest absolute Gasteiger partial charge is 0.357 e. The lowest BCUT2D eigenvalue weighted by Gasteiger charge is -2.26. The first-order valence-corrected chi connectivity index (χ1v) is 10.7. The first kappa shape index (κ1) is 20.2. The molecule has 3 rings (SSSR count). The van der Waals surface area contributed by atoms with Crippen molar-refractivity contribution in [2.45, 2.75) is 45.4 Å². The minimum atomic E-state index is -3.00. The van der Waals surface area contributed by atoms with E-state index < -0.39 is 10.0 Å². The van der Waals surface area contributed by atoms with Crippen LogP contribution in [0.25, 0.3) is 0 Å². The van der Waals surface area contributed by atoms with Crippen molar-refractivity contribution in [2.75, 3.05) is 45.0 Å². The van der Waals surface area contributed by atoms with Gasteiger partial charge >= 0.3 is 0 Å². The minimum Gasteiger partial charge on any atom is -0.357 e. The van der Waals surface area contributed by atoms with Gasteiger partial charge < -0.3 is 10.2 Å². The van der Waals surface area contributed by atoms with Gasteiger partial charge in [-0.1, -0.05) is 12.8 Å². The Balaban J connectivity index is 0.00000208. The standard InChI is InChI=1S/C16H30N4O2S.HI/c1-2-17-15(18-9-12-20-10-5-13-23(20,21)22)19-11-8-16(14-19)6-3-4-7-16;/h2-14H2,1H3,(H,17,18);1H. The molecule has 0 bridgehead atoms. The highest BCUT2D eigenvalue weighted by molar-refractivity contribution is 14.0. The van der Waals surface area contributed by atoms with E-state index in [1.165, 1.54) is 32.1 Å². The molecule has 2 heterocycles. The third kappa shape index (κ3) is 4.55. The number of likely N-dealkylation sites (tertiary alicyclic amines) is 1. The average Bonchev–Trinajstić information content (AvgIpc) is 3.22. The number of halogens is 1. The van der Waals surface area contributed by atoms with Gasteiger partial charge in [0.25, 0.3) is 0 Å². The van der Waals surface area contributed by atoms with Crippen LogP contribution in [0.5, 0.6) is 0 Å². The fourth-order valence-electron chi connectivity index (χ4n) is 4.28. The van der Waals surface area contributed by atoms with Crippen LogP contribution in [0.3, 0.4) is 0 Å². The van der Waals surface area contributed by atoms with Crippen LogP contribution >= 0.6 is 24.0 Å². The maximum atomic E-state index is 11.8. The smallest absolute Gasteiger partial charge is 0.214 e. The van der Waals surface area contributed by atoms with Gasteiger partial charge in [0, 0.05) is 32.7 Å². The van der Waals surface area contributed by atoms with E-state index in [0.29, 0.717) is 30.8 Å². The van der Waals surface area contributed by atoms with Gasteiger partial charge in [-0.3, -0.25) is 4.99 Å². The number of aliphatic imine (C=N–C) groups is 1. The fourth-order valence-corrected chi connectivity index (χ4v) is 5.80. The molecule has 2 saturated heterocycles. The predicted octanol–water partition coefficient (Wildman–Crippen LogP) is 1.87. The lowest BCUT2D eigenvalue weighted by Crippen LogP contribution is -2.41. The Morgan fingerprint density at radius 3 is 2.54 bits per heavy atom. The van der Waals surface area contributed by atoms with Gasteiger partial charge in [-0.05, 0) is 38.0 Å². The maximum absolute atomic E-state index is 11.8. The van der Waals surface area contributed by atoms with E-state index in [2.05, 4.69) is 17.1 Å². The van der Waals surface area contributed by atoms with Crippen LogP contribution in [0, 0.1) is 5.41 Å². The molecule has 8 heteroatoms. The highest BCUT2D eigenvalue weighted by atomic mass is 127. The zero-order valence-electron chi connectivity index (χ0n) is 14.7. The second-order valence-corrected chi connectivity index (χ2v) is 9.27. The lowest BCUT2D eigenvalue weighted by molar-refractivity contribution is 0.309. The molecule has 0 radical (unpaired) electrons. The second kappa shape index (κ2) is 8.53. The summed E-state index contributed by atoms with van der Waals surface area (Å²) in [5.74, 6) is 1.26. The Bertz CT molecular complexity index is 546. The highest BCUT2D eigenvalue weighted by Crippen LogP contribution is 2.45. The van der Waals surface area contributed by atoms with Gasteiger partial charge in [0.2, 0.25) is 10.0 Å². The molecule has 3 aliphatic rings. The molecule has 0 unspecified atom stereocenters.